The Kier molecular flexibility index (Phi) is 6.48. The number of hydrogen-bond acceptors (Lipinski definition) is 3. The Morgan fingerprint density at radius 3 is 2.07 bits per heavy atom. The van der Waals surface area contributed by atoms with E-state index in [1.54, 1.807) is 31.2 Å². The summed E-state index contributed by atoms with van der Waals surface area (Å²) in [5.41, 5.74) is 2.11. The molecule has 0 aromatic heterocycles. The van der Waals surface area contributed by atoms with E-state index in [0.717, 1.165) is 11.1 Å². The number of carbonyl (C=O) groups is 1. The first kappa shape index (κ1) is 22.2. The summed E-state index contributed by atoms with van der Waals surface area (Å²) in [6, 6.07) is 21.4. The number of amides is 1. The molecule has 0 radical (unpaired) electrons. The smallest absolute Gasteiger partial charge is 0.235 e. The first-order chi connectivity index (χ1) is 14.1. The van der Waals surface area contributed by atoms with Crippen molar-refractivity contribution < 1.29 is 13.2 Å². The lowest BCUT2D eigenvalue weighted by Crippen LogP contribution is -2.43. The predicted molar refractivity (Wildman–Crippen MR) is 125 cm³/mol. The average Bonchev–Trinajstić information content (AvgIpc) is 2.69. The second kappa shape index (κ2) is 8.74. The van der Waals surface area contributed by atoms with E-state index in [0.29, 0.717) is 15.7 Å². The van der Waals surface area contributed by atoms with Gasteiger partial charge in [0.05, 0.1) is 16.1 Å². The summed E-state index contributed by atoms with van der Waals surface area (Å²) in [5.74, 6) is -0.717. The lowest BCUT2D eigenvalue weighted by molar-refractivity contribution is -0.120. The van der Waals surface area contributed by atoms with Gasteiger partial charge < -0.3 is 5.32 Å². The van der Waals surface area contributed by atoms with Crippen molar-refractivity contribution in [3.05, 3.63) is 94.0 Å². The fraction of sp³-hybridized carbons (Fsp3) is 0.208. The van der Waals surface area contributed by atoms with Crippen LogP contribution in [0.25, 0.3) is 0 Å². The molecule has 4 nitrogen and oxygen atoms in total. The highest BCUT2D eigenvalue weighted by Crippen LogP contribution is 2.31. The summed E-state index contributed by atoms with van der Waals surface area (Å²) in [6.07, 6.45) is 0. The summed E-state index contributed by atoms with van der Waals surface area (Å²) < 4.78 is 27.2. The molecule has 156 valence electrons. The Bertz CT molecular complexity index is 1160. The van der Waals surface area contributed by atoms with Crippen molar-refractivity contribution in [1.82, 2.24) is 0 Å². The number of nitrogens with one attached hydrogen (secondary N) is 1. The highest BCUT2D eigenvalue weighted by atomic mass is 79.9. The summed E-state index contributed by atoms with van der Waals surface area (Å²) in [6.45, 7) is 5.59. The zero-order valence-corrected chi connectivity index (χ0v) is 19.5. The number of aryl methyl sites for hydroxylation is 2. The molecule has 3 aromatic carbocycles. The monoisotopic (exact) mass is 485 g/mol. The first-order valence-corrected chi connectivity index (χ1v) is 12.0. The number of hydrogen-bond donors (Lipinski definition) is 1. The molecule has 1 atom stereocenters. The zero-order valence-electron chi connectivity index (χ0n) is 17.1. The van der Waals surface area contributed by atoms with Crippen molar-refractivity contribution in [2.45, 2.75) is 31.1 Å². The Hall–Kier alpha value is -2.44. The topological polar surface area (TPSA) is 63.2 Å². The van der Waals surface area contributed by atoms with Crippen LogP contribution in [-0.4, -0.2) is 20.1 Å². The van der Waals surface area contributed by atoms with Crippen molar-refractivity contribution in [3.8, 4) is 0 Å². The van der Waals surface area contributed by atoms with Crippen molar-refractivity contribution in [3.63, 3.8) is 0 Å². The third kappa shape index (κ3) is 4.99. The molecule has 1 N–H and O–H groups in total. The molecule has 3 aromatic rings. The largest absolute Gasteiger partial charge is 0.325 e. The summed E-state index contributed by atoms with van der Waals surface area (Å²) >= 11 is 3.32. The Balaban J connectivity index is 2.02. The summed E-state index contributed by atoms with van der Waals surface area (Å²) in [4.78, 5) is 13.6. The quantitative estimate of drug-likeness (QED) is 0.505. The molecule has 0 saturated carbocycles. The fourth-order valence-corrected chi connectivity index (χ4v) is 5.60. The van der Waals surface area contributed by atoms with Gasteiger partial charge in [-0.3, -0.25) is 4.79 Å². The van der Waals surface area contributed by atoms with Gasteiger partial charge >= 0.3 is 0 Å². The lowest BCUT2D eigenvalue weighted by atomic mass is 9.83. The highest BCUT2D eigenvalue weighted by molar-refractivity contribution is 9.10. The van der Waals surface area contributed by atoms with E-state index in [4.69, 9.17) is 0 Å². The van der Waals surface area contributed by atoms with Gasteiger partial charge in [-0.1, -0.05) is 69.5 Å². The van der Waals surface area contributed by atoms with Crippen LogP contribution in [0.5, 0.6) is 0 Å². The Morgan fingerprint density at radius 1 is 0.933 bits per heavy atom. The van der Waals surface area contributed by atoms with E-state index in [9.17, 15) is 13.2 Å². The van der Waals surface area contributed by atoms with Gasteiger partial charge in [0, 0.05) is 10.2 Å². The van der Waals surface area contributed by atoms with Crippen LogP contribution in [-0.2, 0) is 20.0 Å². The fourth-order valence-electron chi connectivity index (χ4n) is 3.23. The molecule has 1 unspecified atom stereocenters. The van der Waals surface area contributed by atoms with Crippen LogP contribution in [0.15, 0.2) is 82.2 Å². The summed E-state index contributed by atoms with van der Waals surface area (Å²) in [5, 5.41) is 2.90. The van der Waals surface area contributed by atoms with Crippen LogP contribution in [0.1, 0.15) is 23.6 Å². The van der Waals surface area contributed by atoms with Crippen LogP contribution in [0.3, 0.4) is 0 Å². The van der Waals surface area contributed by atoms with Gasteiger partial charge in [0.15, 0.2) is 9.84 Å². The van der Waals surface area contributed by atoms with Crippen LogP contribution in [0.4, 0.5) is 5.69 Å². The molecule has 0 aliphatic carbocycles. The van der Waals surface area contributed by atoms with Crippen molar-refractivity contribution >= 4 is 37.4 Å². The van der Waals surface area contributed by atoms with Gasteiger partial charge in [-0.15, -0.1) is 0 Å². The molecule has 0 bridgehead atoms. The minimum Gasteiger partial charge on any atom is -0.325 e. The van der Waals surface area contributed by atoms with E-state index in [1.165, 1.54) is 0 Å². The van der Waals surface area contributed by atoms with E-state index in [1.807, 2.05) is 62.4 Å². The number of benzene rings is 3. The SMILES string of the molecule is Cc1ccc(NC(=O)C(C)(CS(=O)(=O)c2cccc(Br)c2)c2ccc(C)cc2)cc1. The van der Waals surface area contributed by atoms with Crippen LogP contribution in [0, 0.1) is 13.8 Å². The maximum absolute atomic E-state index is 13.4. The number of rotatable bonds is 6. The van der Waals surface area contributed by atoms with E-state index >= 15 is 0 Å². The normalized spacial score (nSPS) is 13.5. The van der Waals surface area contributed by atoms with Crippen LogP contribution < -0.4 is 5.32 Å². The van der Waals surface area contributed by atoms with Gasteiger partial charge in [0.25, 0.3) is 0 Å². The minimum absolute atomic E-state index is 0.179. The Morgan fingerprint density at radius 2 is 1.50 bits per heavy atom. The second-order valence-electron chi connectivity index (χ2n) is 7.73. The van der Waals surface area contributed by atoms with E-state index < -0.39 is 15.3 Å². The molecule has 0 aliphatic rings. The van der Waals surface area contributed by atoms with Gasteiger partial charge in [-0.25, -0.2) is 8.42 Å². The van der Waals surface area contributed by atoms with Crippen LogP contribution >= 0.6 is 15.9 Å². The van der Waals surface area contributed by atoms with Gasteiger partial charge in [-0.05, 0) is 56.7 Å². The molecule has 1 amide bonds. The zero-order chi connectivity index (χ0) is 21.9. The van der Waals surface area contributed by atoms with E-state index in [-0.39, 0.29) is 16.6 Å². The molecule has 6 heteroatoms. The molecule has 30 heavy (non-hydrogen) atoms. The molecular weight excluding hydrogens is 462 g/mol. The molecular formula is C24H24BrNO3S. The van der Waals surface area contributed by atoms with Crippen molar-refractivity contribution in [2.75, 3.05) is 11.1 Å². The predicted octanol–water partition coefficient (Wildman–Crippen LogP) is 5.44. The molecule has 0 heterocycles. The number of sulfone groups is 1. The second-order valence-corrected chi connectivity index (χ2v) is 10.6. The lowest BCUT2D eigenvalue weighted by Gasteiger charge is -2.29. The van der Waals surface area contributed by atoms with Gasteiger partial charge in [0.2, 0.25) is 5.91 Å². The van der Waals surface area contributed by atoms with Gasteiger partial charge in [0.1, 0.15) is 0 Å². The van der Waals surface area contributed by atoms with Gasteiger partial charge in [-0.2, -0.15) is 0 Å². The molecule has 0 saturated heterocycles. The molecule has 0 aliphatic heterocycles. The number of carbonyl (C=O) groups excluding carboxylic acids is 1. The maximum Gasteiger partial charge on any atom is 0.235 e. The standard InChI is InChI=1S/C24H24BrNO3S/c1-17-7-11-19(12-8-17)24(3,23(27)26-21-13-9-18(2)10-14-21)16-30(28,29)22-6-4-5-20(25)15-22/h4-15H,16H2,1-3H3,(H,26,27). The maximum atomic E-state index is 13.4. The average molecular weight is 486 g/mol. The van der Waals surface area contributed by atoms with E-state index in [2.05, 4.69) is 21.2 Å². The summed E-state index contributed by atoms with van der Waals surface area (Å²) in [7, 11) is -3.73. The molecule has 0 fully saturated rings. The minimum atomic E-state index is -3.73. The molecule has 3 rings (SSSR count). The highest BCUT2D eigenvalue weighted by Gasteiger charge is 2.40. The van der Waals surface area contributed by atoms with Crippen LogP contribution in [0.2, 0.25) is 0 Å². The third-order valence-electron chi connectivity index (χ3n) is 5.13. The first-order valence-electron chi connectivity index (χ1n) is 9.54. The van der Waals surface area contributed by atoms with Crippen molar-refractivity contribution in [2.24, 2.45) is 0 Å². The number of anilines is 1. The number of halogens is 1. The third-order valence-corrected chi connectivity index (χ3v) is 7.56. The Labute approximate surface area is 186 Å². The molecule has 0 spiro atoms. The van der Waals surface area contributed by atoms with Crippen molar-refractivity contribution in [1.29, 1.82) is 0 Å².